The summed E-state index contributed by atoms with van der Waals surface area (Å²) < 4.78 is 2.18. The van der Waals surface area contributed by atoms with Crippen molar-refractivity contribution in [1.82, 2.24) is 14.8 Å². The minimum atomic E-state index is 0.0801. The van der Waals surface area contributed by atoms with Crippen molar-refractivity contribution in [2.24, 2.45) is 11.7 Å². The Labute approximate surface area is 78.1 Å². The van der Waals surface area contributed by atoms with E-state index < -0.39 is 0 Å². The van der Waals surface area contributed by atoms with Crippen LogP contribution in [0, 0.1) is 5.92 Å². The third-order valence-electron chi connectivity index (χ3n) is 2.65. The lowest BCUT2D eigenvalue weighted by molar-refractivity contribution is 0.341. The standard InChI is InChI=1S/C9H16N4/c1-3-8-11-12-9-7(10)4-6(2)5-13(8)9/h6-7H,3-5,10H2,1-2H3. The fourth-order valence-corrected chi connectivity index (χ4v) is 2.01. The van der Waals surface area contributed by atoms with E-state index in [-0.39, 0.29) is 6.04 Å². The molecule has 0 saturated carbocycles. The molecule has 0 spiro atoms. The van der Waals surface area contributed by atoms with Gasteiger partial charge in [0.15, 0.2) is 0 Å². The number of aromatic nitrogens is 3. The van der Waals surface area contributed by atoms with Crippen molar-refractivity contribution in [1.29, 1.82) is 0 Å². The predicted octanol–water partition coefficient (Wildman–Crippen LogP) is 0.880. The summed E-state index contributed by atoms with van der Waals surface area (Å²) in [4.78, 5) is 0. The molecule has 4 nitrogen and oxygen atoms in total. The summed E-state index contributed by atoms with van der Waals surface area (Å²) in [7, 11) is 0. The lowest BCUT2D eigenvalue weighted by Gasteiger charge is -2.25. The van der Waals surface area contributed by atoms with Gasteiger partial charge in [0.05, 0.1) is 6.04 Å². The maximum absolute atomic E-state index is 5.98. The Bertz CT molecular complexity index is 305. The van der Waals surface area contributed by atoms with Gasteiger partial charge < -0.3 is 10.3 Å². The first-order chi connectivity index (χ1) is 6.22. The van der Waals surface area contributed by atoms with Gasteiger partial charge in [-0.05, 0) is 12.3 Å². The summed E-state index contributed by atoms with van der Waals surface area (Å²) >= 11 is 0. The number of nitrogens with zero attached hydrogens (tertiary/aromatic N) is 3. The summed E-state index contributed by atoms with van der Waals surface area (Å²) in [6.07, 6.45) is 1.97. The zero-order valence-electron chi connectivity index (χ0n) is 8.20. The van der Waals surface area contributed by atoms with Crippen molar-refractivity contribution in [3.8, 4) is 0 Å². The molecule has 0 fully saturated rings. The molecule has 0 radical (unpaired) electrons. The predicted molar refractivity (Wildman–Crippen MR) is 50.1 cm³/mol. The fourth-order valence-electron chi connectivity index (χ4n) is 2.01. The van der Waals surface area contributed by atoms with Crippen LogP contribution in [-0.2, 0) is 13.0 Å². The van der Waals surface area contributed by atoms with E-state index in [9.17, 15) is 0 Å². The number of nitrogens with two attached hydrogens (primary N) is 1. The zero-order valence-corrected chi connectivity index (χ0v) is 8.20. The first-order valence-corrected chi connectivity index (χ1v) is 4.90. The molecule has 72 valence electrons. The van der Waals surface area contributed by atoms with Crippen LogP contribution in [0.2, 0.25) is 0 Å². The van der Waals surface area contributed by atoms with Gasteiger partial charge in [-0.25, -0.2) is 0 Å². The van der Waals surface area contributed by atoms with Gasteiger partial charge in [0.25, 0.3) is 0 Å². The summed E-state index contributed by atoms with van der Waals surface area (Å²) in [6.45, 7) is 5.35. The highest BCUT2D eigenvalue weighted by Crippen LogP contribution is 2.26. The largest absolute Gasteiger partial charge is 0.321 e. The molecule has 2 heterocycles. The van der Waals surface area contributed by atoms with E-state index in [1.807, 2.05) is 0 Å². The zero-order chi connectivity index (χ0) is 9.42. The quantitative estimate of drug-likeness (QED) is 0.698. The van der Waals surface area contributed by atoms with Crippen LogP contribution >= 0.6 is 0 Å². The molecular weight excluding hydrogens is 164 g/mol. The Morgan fingerprint density at radius 1 is 1.54 bits per heavy atom. The van der Waals surface area contributed by atoms with Crippen molar-refractivity contribution in [3.05, 3.63) is 11.6 Å². The van der Waals surface area contributed by atoms with E-state index in [4.69, 9.17) is 5.73 Å². The number of hydrogen-bond donors (Lipinski definition) is 1. The van der Waals surface area contributed by atoms with Crippen molar-refractivity contribution >= 4 is 0 Å². The van der Waals surface area contributed by atoms with E-state index in [0.29, 0.717) is 5.92 Å². The number of rotatable bonds is 1. The van der Waals surface area contributed by atoms with Gasteiger partial charge in [-0.1, -0.05) is 13.8 Å². The van der Waals surface area contributed by atoms with Gasteiger partial charge in [-0.2, -0.15) is 0 Å². The number of aryl methyl sites for hydroxylation is 1. The molecule has 2 unspecified atom stereocenters. The summed E-state index contributed by atoms with van der Waals surface area (Å²) in [5.41, 5.74) is 5.98. The molecule has 1 aromatic heterocycles. The highest BCUT2D eigenvalue weighted by molar-refractivity contribution is 5.04. The van der Waals surface area contributed by atoms with Crippen LogP contribution < -0.4 is 5.73 Å². The number of fused-ring (bicyclic) bond motifs is 1. The molecule has 1 aliphatic rings. The minimum Gasteiger partial charge on any atom is -0.321 e. The molecule has 0 aliphatic carbocycles. The molecule has 0 amide bonds. The summed E-state index contributed by atoms with van der Waals surface area (Å²) in [6, 6.07) is 0.0801. The van der Waals surface area contributed by atoms with E-state index >= 15 is 0 Å². The first kappa shape index (κ1) is 8.69. The molecule has 4 heteroatoms. The van der Waals surface area contributed by atoms with Crippen molar-refractivity contribution in [3.63, 3.8) is 0 Å². The van der Waals surface area contributed by atoms with Crippen LogP contribution in [0.1, 0.15) is 38.0 Å². The molecule has 0 bridgehead atoms. The minimum absolute atomic E-state index is 0.0801. The highest BCUT2D eigenvalue weighted by Gasteiger charge is 2.25. The van der Waals surface area contributed by atoms with Gasteiger partial charge in [-0.3, -0.25) is 0 Å². The third kappa shape index (κ3) is 1.35. The first-order valence-electron chi connectivity index (χ1n) is 4.90. The summed E-state index contributed by atoms with van der Waals surface area (Å²) in [5, 5.41) is 8.27. The Kier molecular flexibility index (Phi) is 2.07. The normalized spacial score (nSPS) is 27.3. The van der Waals surface area contributed by atoms with Crippen LogP contribution in [0.5, 0.6) is 0 Å². The van der Waals surface area contributed by atoms with Gasteiger partial charge in [0.2, 0.25) is 0 Å². The Balaban J connectivity index is 2.40. The van der Waals surface area contributed by atoms with Crippen molar-refractivity contribution < 1.29 is 0 Å². The molecule has 2 rings (SSSR count). The molecule has 0 saturated heterocycles. The lowest BCUT2D eigenvalue weighted by atomic mass is 9.98. The molecule has 13 heavy (non-hydrogen) atoms. The van der Waals surface area contributed by atoms with E-state index in [1.54, 1.807) is 0 Å². The van der Waals surface area contributed by atoms with Crippen LogP contribution in [0.25, 0.3) is 0 Å². The second kappa shape index (κ2) is 3.10. The molecule has 1 aromatic rings. The van der Waals surface area contributed by atoms with Gasteiger partial charge in [0.1, 0.15) is 11.6 Å². The van der Waals surface area contributed by atoms with E-state index in [0.717, 1.165) is 31.0 Å². The Morgan fingerprint density at radius 2 is 2.31 bits per heavy atom. The van der Waals surface area contributed by atoms with E-state index in [2.05, 4.69) is 28.6 Å². The van der Waals surface area contributed by atoms with E-state index in [1.165, 1.54) is 0 Å². The average molecular weight is 180 g/mol. The monoisotopic (exact) mass is 180 g/mol. The second-order valence-corrected chi connectivity index (χ2v) is 3.89. The third-order valence-corrected chi connectivity index (χ3v) is 2.65. The van der Waals surface area contributed by atoms with Crippen LogP contribution in [0.3, 0.4) is 0 Å². The van der Waals surface area contributed by atoms with Gasteiger partial charge in [-0.15, -0.1) is 10.2 Å². The van der Waals surface area contributed by atoms with Gasteiger partial charge in [0, 0.05) is 13.0 Å². The van der Waals surface area contributed by atoms with Gasteiger partial charge >= 0.3 is 0 Å². The maximum Gasteiger partial charge on any atom is 0.149 e. The van der Waals surface area contributed by atoms with Crippen LogP contribution in [0.4, 0.5) is 0 Å². The average Bonchev–Trinajstić information content (AvgIpc) is 2.47. The van der Waals surface area contributed by atoms with Crippen molar-refractivity contribution in [2.75, 3.05) is 0 Å². The van der Waals surface area contributed by atoms with Crippen molar-refractivity contribution in [2.45, 2.75) is 39.3 Å². The second-order valence-electron chi connectivity index (χ2n) is 3.89. The van der Waals surface area contributed by atoms with Crippen LogP contribution in [-0.4, -0.2) is 14.8 Å². The molecular formula is C9H16N4. The number of hydrogen-bond acceptors (Lipinski definition) is 3. The topological polar surface area (TPSA) is 56.7 Å². The molecule has 2 N–H and O–H groups in total. The molecule has 0 aromatic carbocycles. The smallest absolute Gasteiger partial charge is 0.149 e. The summed E-state index contributed by atoms with van der Waals surface area (Å²) in [5.74, 6) is 2.68. The fraction of sp³-hybridized carbons (Fsp3) is 0.778. The molecule has 2 atom stereocenters. The SMILES string of the molecule is CCc1nnc2n1CC(C)CC2N. The molecule has 1 aliphatic heterocycles. The Hall–Kier alpha value is -0.900. The maximum atomic E-state index is 5.98. The lowest BCUT2D eigenvalue weighted by Crippen LogP contribution is -2.28. The Morgan fingerprint density at radius 3 is 3.00 bits per heavy atom. The highest BCUT2D eigenvalue weighted by atomic mass is 15.3. The van der Waals surface area contributed by atoms with Crippen LogP contribution in [0.15, 0.2) is 0 Å².